The van der Waals surface area contributed by atoms with Crippen molar-refractivity contribution in [1.29, 1.82) is 0 Å². The van der Waals surface area contributed by atoms with Gasteiger partial charge in [-0.3, -0.25) is 4.79 Å². The van der Waals surface area contributed by atoms with Crippen LogP contribution in [0.15, 0.2) is 30.3 Å². The first-order chi connectivity index (χ1) is 11.9. The van der Waals surface area contributed by atoms with Crippen LogP contribution in [0.2, 0.25) is 0 Å². The highest BCUT2D eigenvalue weighted by Gasteiger charge is 2.30. The number of nitrogens with zero attached hydrogens (tertiary/aromatic N) is 2. The normalized spacial score (nSPS) is 23.4. The van der Waals surface area contributed by atoms with Crippen LogP contribution in [0.5, 0.6) is 0 Å². The summed E-state index contributed by atoms with van der Waals surface area (Å²) in [5.74, 6) is -0.0877. The summed E-state index contributed by atoms with van der Waals surface area (Å²) in [4.78, 5) is 12.6. The van der Waals surface area contributed by atoms with Crippen LogP contribution in [0.25, 0.3) is 5.69 Å². The van der Waals surface area contributed by atoms with Crippen molar-refractivity contribution in [3.8, 4) is 5.69 Å². The lowest BCUT2D eigenvalue weighted by molar-refractivity contribution is 0.0901. The van der Waals surface area contributed by atoms with E-state index in [4.69, 9.17) is 5.73 Å². The van der Waals surface area contributed by atoms with E-state index in [0.29, 0.717) is 12.2 Å². The van der Waals surface area contributed by atoms with Crippen LogP contribution < -0.4 is 11.1 Å². The van der Waals surface area contributed by atoms with Crippen molar-refractivity contribution < 1.29 is 4.79 Å². The van der Waals surface area contributed by atoms with Gasteiger partial charge in [0.1, 0.15) is 0 Å². The lowest BCUT2D eigenvalue weighted by Gasteiger charge is -2.36. The Hall–Kier alpha value is -2.14. The molecule has 1 aliphatic carbocycles. The molecule has 1 aromatic carbocycles. The molecule has 1 fully saturated rings. The lowest BCUT2D eigenvalue weighted by atomic mass is 9.74. The number of hydrogen-bond acceptors (Lipinski definition) is 3. The molecule has 0 atom stereocenters. The van der Waals surface area contributed by atoms with Crippen molar-refractivity contribution in [1.82, 2.24) is 15.1 Å². The summed E-state index contributed by atoms with van der Waals surface area (Å²) in [5, 5.41) is 7.65. The van der Waals surface area contributed by atoms with Gasteiger partial charge < -0.3 is 11.1 Å². The maximum Gasteiger partial charge on any atom is 0.272 e. The van der Waals surface area contributed by atoms with Gasteiger partial charge in [-0.1, -0.05) is 24.6 Å². The van der Waals surface area contributed by atoms with Crippen LogP contribution in [0, 0.1) is 19.3 Å². The Kier molecular flexibility index (Phi) is 4.95. The van der Waals surface area contributed by atoms with Crippen molar-refractivity contribution in [2.45, 2.75) is 52.5 Å². The topological polar surface area (TPSA) is 72.9 Å². The van der Waals surface area contributed by atoms with E-state index in [0.717, 1.165) is 37.1 Å². The number of rotatable bonds is 4. The molecule has 5 nitrogen and oxygen atoms in total. The number of aromatic nitrogens is 2. The van der Waals surface area contributed by atoms with E-state index < -0.39 is 0 Å². The summed E-state index contributed by atoms with van der Waals surface area (Å²) in [6.45, 7) is 6.97. The summed E-state index contributed by atoms with van der Waals surface area (Å²) in [6, 6.07) is 10.2. The average molecular weight is 340 g/mol. The zero-order valence-electron chi connectivity index (χ0n) is 15.4. The number of carbonyl (C=O) groups is 1. The second-order valence-electron chi connectivity index (χ2n) is 7.68. The molecule has 134 valence electrons. The molecular formula is C20H28N4O. The summed E-state index contributed by atoms with van der Waals surface area (Å²) in [6.07, 6.45) is 4.09. The summed E-state index contributed by atoms with van der Waals surface area (Å²) >= 11 is 0. The fourth-order valence-electron chi connectivity index (χ4n) is 3.46. The van der Waals surface area contributed by atoms with E-state index >= 15 is 0 Å². The number of carbonyl (C=O) groups excluding carboxylic acids is 1. The number of benzene rings is 1. The predicted molar refractivity (Wildman–Crippen MR) is 99.9 cm³/mol. The third kappa shape index (κ3) is 3.93. The monoisotopic (exact) mass is 340 g/mol. The highest BCUT2D eigenvalue weighted by atomic mass is 16.2. The standard InChI is InChI=1S/C20H28N4O/c1-14-4-6-17(7-5-14)24-15(2)12-18(23-24)19(25)22-16-8-10-20(3,13-21)11-9-16/h4-7,12,16H,8-11,13,21H2,1-3H3,(H,22,25). The second kappa shape index (κ2) is 7.00. The minimum atomic E-state index is -0.0877. The van der Waals surface area contributed by atoms with E-state index in [1.807, 2.05) is 41.9 Å². The van der Waals surface area contributed by atoms with Gasteiger partial charge in [-0.05, 0) is 69.7 Å². The fraction of sp³-hybridized carbons (Fsp3) is 0.500. The van der Waals surface area contributed by atoms with Crippen LogP contribution in [0.4, 0.5) is 0 Å². The van der Waals surface area contributed by atoms with E-state index in [2.05, 4.69) is 24.3 Å². The first-order valence-corrected chi connectivity index (χ1v) is 9.05. The third-order valence-corrected chi connectivity index (χ3v) is 5.42. The minimum absolute atomic E-state index is 0.0877. The van der Waals surface area contributed by atoms with Crippen LogP contribution in [-0.4, -0.2) is 28.3 Å². The molecule has 5 heteroatoms. The lowest BCUT2D eigenvalue weighted by Crippen LogP contribution is -2.42. The van der Waals surface area contributed by atoms with E-state index in [9.17, 15) is 4.79 Å². The Morgan fingerprint density at radius 1 is 1.28 bits per heavy atom. The van der Waals surface area contributed by atoms with Gasteiger partial charge in [-0.2, -0.15) is 5.10 Å². The zero-order chi connectivity index (χ0) is 18.0. The predicted octanol–water partition coefficient (Wildman–Crippen LogP) is 3.13. The molecule has 3 rings (SSSR count). The molecule has 1 heterocycles. The van der Waals surface area contributed by atoms with E-state index in [-0.39, 0.29) is 17.4 Å². The van der Waals surface area contributed by atoms with Crippen LogP contribution in [-0.2, 0) is 0 Å². The van der Waals surface area contributed by atoms with Crippen molar-refractivity contribution in [3.63, 3.8) is 0 Å². The minimum Gasteiger partial charge on any atom is -0.348 e. The van der Waals surface area contributed by atoms with Gasteiger partial charge in [-0.25, -0.2) is 4.68 Å². The molecule has 1 aliphatic rings. The van der Waals surface area contributed by atoms with Gasteiger partial charge in [0.25, 0.3) is 5.91 Å². The molecular weight excluding hydrogens is 312 g/mol. The van der Waals surface area contributed by atoms with Gasteiger partial charge in [0.15, 0.2) is 5.69 Å². The van der Waals surface area contributed by atoms with Crippen LogP contribution in [0.3, 0.4) is 0 Å². The number of amides is 1. The summed E-state index contributed by atoms with van der Waals surface area (Å²) in [7, 11) is 0. The first kappa shape index (κ1) is 17.7. The molecule has 3 N–H and O–H groups in total. The van der Waals surface area contributed by atoms with Crippen LogP contribution in [0.1, 0.15) is 54.4 Å². The Balaban J connectivity index is 1.67. The van der Waals surface area contributed by atoms with Gasteiger partial charge in [0.2, 0.25) is 0 Å². The quantitative estimate of drug-likeness (QED) is 0.898. The fourth-order valence-corrected chi connectivity index (χ4v) is 3.46. The summed E-state index contributed by atoms with van der Waals surface area (Å²) < 4.78 is 1.82. The van der Waals surface area contributed by atoms with Gasteiger partial charge in [0.05, 0.1) is 5.69 Å². The van der Waals surface area contributed by atoms with Crippen molar-refractivity contribution >= 4 is 5.91 Å². The molecule has 2 aromatic rings. The molecule has 1 amide bonds. The molecule has 0 saturated heterocycles. The average Bonchev–Trinajstić information content (AvgIpc) is 3.00. The van der Waals surface area contributed by atoms with Gasteiger partial charge in [0, 0.05) is 11.7 Å². The first-order valence-electron chi connectivity index (χ1n) is 9.05. The van der Waals surface area contributed by atoms with Crippen molar-refractivity contribution in [2.75, 3.05) is 6.54 Å². The Labute approximate surface area is 149 Å². The second-order valence-corrected chi connectivity index (χ2v) is 7.68. The highest BCUT2D eigenvalue weighted by Crippen LogP contribution is 2.34. The van der Waals surface area contributed by atoms with Crippen molar-refractivity contribution in [2.24, 2.45) is 11.1 Å². The van der Waals surface area contributed by atoms with Crippen molar-refractivity contribution in [3.05, 3.63) is 47.3 Å². The maximum atomic E-state index is 12.6. The zero-order valence-corrected chi connectivity index (χ0v) is 15.4. The molecule has 0 unspecified atom stereocenters. The molecule has 1 aromatic heterocycles. The van der Waals surface area contributed by atoms with Gasteiger partial charge in [-0.15, -0.1) is 0 Å². The van der Waals surface area contributed by atoms with Gasteiger partial charge >= 0.3 is 0 Å². The highest BCUT2D eigenvalue weighted by molar-refractivity contribution is 5.92. The number of hydrogen-bond donors (Lipinski definition) is 2. The number of nitrogens with two attached hydrogens (primary N) is 1. The number of nitrogens with one attached hydrogen (secondary N) is 1. The molecule has 0 bridgehead atoms. The molecule has 1 saturated carbocycles. The Morgan fingerprint density at radius 3 is 2.52 bits per heavy atom. The Morgan fingerprint density at radius 2 is 1.92 bits per heavy atom. The van der Waals surface area contributed by atoms with Crippen LogP contribution >= 0.6 is 0 Å². The molecule has 0 aliphatic heterocycles. The van der Waals surface area contributed by atoms with E-state index in [1.165, 1.54) is 5.56 Å². The van der Waals surface area contributed by atoms with E-state index in [1.54, 1.807) is 0 Å². The maximum absolute atomic E-state index is 12.6. The number of aryl methyl sites for hydroxylation is 2. The Bertz CT molecular complexity index is 740. The smallest absolute Gasteiger partial charge is 0.272 e. The summed E-state index contributed by atoms with van der Waals surface area (Å²) in [5.41, 5.74) is 9.69. The largest absolute Gasteiger partial charge is 0.348 e. The molecule has 0 radical (unpaired) electrons. The molecule has 0 spiro atoms. The SMILES string of the molecule is Cc1ccc(-n2nc(C(=O)NC3CCC(C)(CN)CC3)cc2C)cc1. The third-order valence-electron chi connectivity index (χ3n) is 5.42. The molecule has 25 heavy (non-hydrogen) atoms.